The molecule has 0 bridgehead atoms. The lowest BCUT2D eigenvalue weighted by atomic mass is 10.00. The highest BCUT2D eigenvalue weighted by Crippen LogP contribution is 2.30. The molecule has 0 radical (unpaired) electrons. The van der Waals surface area contributed by atoms with Gasteiger partial charge in [0.1, 0.15) is 11.6 Å². The summed E-state index contributed by atoms with van der Waals surface area (Å²) in [6.45, 7) is 0.968. The standard InChI is InChI=1S/C16H21FN4/c1-21(2)7-3-4-11-8-12(10-13(17)9-11)14-5-6-20-16(19)15(14)18/h5-6,8-10H,3-4,7,18H2,1-2H3,(H2,19,20). The third-order valence-electron chi connectivity index (χ3n) is 3.36. The Kier molecular flexibility index (Phi) is 4.75. The highest BCUT2D eigenvalue weighted by Gasteiger charge is 2.09. The minimum Gasteiger partial charge on any atom is -0.395 e. The maximum Gasteiger partial charge on any atom is 0.147 e. The Balaban J connectivity index is 2.28. The van der Waals surface area contributed by atoms with Gasteiger partial charge in [-0.25, -0.2) is 9.37 Å². The molecule has 0 amide bonds. The van der Waals surface area contributed by atoms with Crippen LogP contribution in [-0.2, 0) is 6.42 Å². The second kappa shape index (κ2) is 6.54. The molecule has 1 heterocycles. The molecule has 1 aromatic heterocycles. The highest BCUT2D eigenvalue weighted by atomic mass is 19.1. The minimum absolute atomic E-state index is 0.262. The van der Waals surface area contributed by atoms with Crippen molar-refractivity contribution >= 4 is 11.5 Å². The molecule has 4 nitrogen and oxygen atoms in total. The number of benzene rings is 1. The normalized spacial score (nSPS) is 11.0. The van der Waals surface area contributed by atoms with E-state index in [1.807, 2.05) is 20.2 Å². The van der Waals surface area contributed by atoms with Gasteiger partial charge < -0.3 is 16.4 Å². The molecule has 2 rings (SSSR count). The maximum atomic E-state index is 13.8. The van der Waals surface area contributed by atoms with Crippen LogP contribution in [-0.4, -0.2) is 30.5 Å². The summed E-state index contributed by atoms with van der Waals surface area (Å²) >= 11 is 0. The van der Waals surface area contributed by atoms with Crippen LogP contribution in [0.4, 0.5) is 15.9 Å². The van der Waals surface area contributed by atoms with E-state index in [1.54, 1.807) is 18.3 Å². The third-order valence-corrected chi connectivity index (χ3v) is 3.36. The van der Waals surface area contributed by atoms with E-state index in [0.29, 0.717) is 5.69 Å². The first kappa shape index (κ1) is 15.3. The van der Waals surface area contributed by atoms with Gasteiger partial charge in [0.15, 0.2) is 0 Å². The van der Waals surface area contributed by atoms with Crippen molar-refractivity contribution in [1.82, 2.24) is 9.88 Å². The summed E-state index contributed by atoms with van der Waals surface area (Å²) in [6.07, 6.45) is 3.38. The second-order valence-electron chi connectivity index (χ2n) is 5.41. The van der Waals surface area contributed by atoms with Gasteiger partial charge in [-0.15, -0.1) is 0 Å². The molecule has 0 saturated heterocycles. The van der Waals surface area contributed by atoms with Gasteiger partial charge in [-0.3, -0.25) is 0 Å². The summed E-state index contributed by atoms with van der Waals surface area (Å²) < 4.78 is 13.8. The Bertz CT molecular complexity index is 626. The Morgan fingerprint density at radius 3 is 2.67 bits per heavy atom. The highest BCUT2D eigenvalue weighted by molar-refractivity contribution is 5.82. The molecule has 5 heteroatoms. The maximum absolute atomic E-state index is 13.8. The number of hydrogen-bond acceptors (Lipinski definition) is 4. The molecule has 0 fully saturated rings. The molecule has 112 valence electrons. The van der Waals surface area contributed by atoms with Gasteiger partial charge in [0.05, 0.1) is 5.69 Å². The van der Waals surface area contributed by atoms with Gasteiger partial charge >= 0.3 is 0 Å². The molecular weight excluding hydrogens is 267 g/mol. The van der Waals surface area contributed by atoms with Crippen molar-refractivity contribution in [3.63, 3.8) is 0 Å². The van der Waals surface area contributed by atoms with Crippen LogP contribution in [0.25, 0.3) is 11.1 Å². The number of nitrogens with two attached hydrogens (primary N) is 2. The predicted molar refractivity (Wildman–Crippen MR) is 85.3 cm³/mol. The van der Waals surface area contributed by atoms with E-state index in [-0.39, 0.29) is 11.6 Å². The Morgan fingerprint density at radius 2 is 1.95 bits per heavy atom. The van der Waals surface area contributed by atoms with Crippen LogP contribution in [0.3, 0.4) is 0 Å². The Morgan fingerprint density at radius 1 is 1.19 bits per heavy atom. The van der Waals surface area contributed by atoms with E-state index in [0.717, 1.165) is 36.1 Å². The van der Waals surface area contributed by atoms with E-state index in [9.17, 15) is 4.39 Å². The zero-order valence-corrected chi connectivity index (χ0v) is 12.4. The van der Waals surface area contributed by atoms with Crippen molar-refractivity contribution in [2.45, 2.75) is 12.8 Å². The van der Waals surface area contributed by atoms with Crippen LogP contribution in [0.15, 0.2) is 30.5 Å². The van der Waals surface area contributed by atoms with E-state index in [4.69, 9.17) is 11.5 Å². The quantitative estimate of drug-likeness (QED) is 0.887. The van der Waals surface area contributed by atoms with Gasteiger partial charge in [0, 0.05) is 11.8 Å². The van der Waals surface area contributed by atoms with Gasteiger partial charge in [-0.1, -0.05) is 6.07 Å². The number of pyridine rings is 1. The number of rotatable bonds is 5. The molecule has 0 spiro atoms. The summed E-state index contributed by atoms with van der Waals surface area (Å²) in [4.78, 5) is 6.05. The summed E-state index contributed by atoms with van der Waals surface area (Å²) in [5, 5.41) is 0. The van der Waals surface area contributed by atoms with Gasteiger partial charge in [0.25, 0.3) is 0 Å². The molecule has 1 aromatic carbocycles. The topological polar surface area (TPSA) is 68.2 Å². The Labute approximate surface area is 124 Å². The van der Waals surface area contributed by atoms with E-state index in [2.05, 4.69) is 9.88 Å². The molecule has 4 N–H and O–H groups in total. The number of anilines is 2. The minimum atomic E-state index is -0.262. The molecule has 0 aliphatic heterocycles. The van der Waals surface area contributed by atoms with Crippen LogP contribution < -0.4 is 11.5 Å². The predicted octanol–water partition coefficient (Wildman–Crippen LogP) is 2.55. The van der Waals surface area contributed by atoms with Crippen LogP contribution in [0, 0.1) is 5.82 Å². The molecular formula is C16H21FN4. The fraction of sp³-hybridized carbons (Fsp3) is 0.312. The zero-order chi connectivity index (χ0) is 15.4. The molecule has 0 unspecified atom stereocenters. The van der Waals surface area contributed by atoms with Gasteiger partial charge in [0.2, 0.25) is 0 Å². The average Bonchev–Trinajstić information content (AvgIpc) is 2.41. The zero-order valence-electron chi connectivity index (χ0n) is 12.4. The molecule has 2 aromatic rings. The molecule has 0 saturated carbocycles. The first-order chi connectivity index (χ1) is 9.97. The van der Waals surface area contributed by atoms with Crippen molar-refractivity contribution in [3.8, 4) is 11.1 Å². The smallest absolute Gasteiger partial charge is 0.147 e. The van der Waals surface area contributed by atoms with E-state index < -0.39 is 0 Å². The SMILES string of the molecule is CN(C)CCCc1cc(F)cc(-c2ccnc(N)c2N)c1. The van der Waals surface area contributed by atoms with Crippen molar-refractivity contribution < 1.29 is 4.39 Å². The van der Waals surface area contributed by atoms with Crippen molar-refractivity contribution in [2.75, 3.05) is 32.1 Å². The van der Waals surface area contributed by atoms with Gasteiger partial charge in [-0.2, -0.15) is 0 Å². The molecule has 0 aliphatic rings. The third kappa shape index (κ3) is 3.92. The Hall–Kier alpha value is -2.14. The first-order valence-electron chi connectivity index (χ1n) is 6.92. The van der Waals surface area contributed by atoms with E-state index >= 15 is 0 Å². The number of hydrogen-bond donors (Lipinski definition) is 2. The largest absolute Gasteiger partial charge is 0.395 e. The van der Waals surface area contributed by atoms with Crippen molar-refractivity contribution in [3.05, 3.63) is 41.8 Å². The molecule has 0 aliphatic carbocycles. The van der Waals surface area contributed by atoms with E-state index in [1.165, 1.54) is 6.07 Å². The number of aryl methyl sites for hydroxylation is 1. The summed E-state index contributed by atoms with van der Waals surface area (Å²) in [5.74, 6) is 0.00746. The first-order valence-corrected chi connectivity index (χ1v) is 6.92. The van der Waals surface area contributed by atoms with Crippen LogP contribution in [0.5, 0.6) is 0 Å². The summed E-state index contributed by atoms with van der Waals surface area (Å²) in [6, 6.07) is 6.76. The lowest BCUT2D eigenvalue weighted by molar-refractivity contribution is 0.400. The van der Waals surface area contributed by atoms with Crippen LogP contribution in [0.1, 0.15) is 12.0 Å². The molecule has 0 atom stereocenters. The van der Waals surface area contributed by atoms with Crippen molar-refractivity contribution in [1.29, 1.82) is 0 Å². The summed E-state index contributed by atoms with van der Waals surface area (Å²) in [7, 11) is 4.05. The summed E-state index contributed by atoms with van der Waals surface area (Å²) in [5.41, 5.74) is 14.5. The molecule has 21 heavy (non-hydrogen) atoms. The van der Waals surface area contributed by atoms with Crippen LogP contribution in [0.2, 0.25) is 0 Å². The fourth-order valence-electron chi connectivity index (χ4n) is 2.29. The number of halogens is 1. The second-order valence-corrected chi connectivity index (χ2v) is 5.41. The number of aromatic nitrogens is 1. The lowest BCUT2D eigenvalue weighted by Crippen LogP contribution is -2.13. The number of nitrogen functional groups attached to an aromatic ring is 2. The van der Waals surface area contributed by atoms with Gasteiger partial charge in [-0.05, 0) is 62.8 Å². The van der Waals surface area contributed by atoms with Crippen molar-refractivity contribution in [2.24, 2.45) is 0 Å². The lowest BCUT2D eigenvalue weighted by Gasteiger charge is -2.11. The van der Waals surface area contributed by atoms with Crippen LogP contribution >= 0.6 is 0 Å². The monoisotopic (exact) mass is 288 g/mol. The number of nitrogens with zero attached hydrogens (tertiary/aromatic N) is 2. The average molecular weight is 288 g/mol. The fourth-order valence-corrected chi connectivity index (χ4v) is 2.29.